The van der Waals surface area contributed by atoms with Gasteiger partial charge in [0.2, 0.25) is 5.91 Å². The van der Waals surface area contributed by atoms with E-state index in [1.807, 2.05) is 24.9 Å². The monoisotopic (exact) mass is 390 g/mol. The number of anilines is 1. The minimum atomic E-state index is -1.05. The largest absolute Gasteiger partial charge is 0.491 e. The Bertz CT molecular complexity index is 808. The number of piperidine rings is 1. The summed E-state index contributed by atoms with van der Waals surface area (Å²) in [4.78, 5) is 14.3. The summed E-state index contributed by atoms with van der Waals surface area (Å²) in [6.07, 6.45) is 3.17. The van der Waals surface area contributed by atoms with Crippen LogP contribution >= 0.6 is 0 Å². The molecule has 3 rings (SSSR count). The Labute approximate surface area is 164 Å². The van der Waals surface area contributed by atoms with Crippen LogP contribution in [0.15, 0.2) is 30.5 Å². The molecule has 1 saturated heterocycles. The highest BCUT2D eigenvalue weighted by Gasteiger charge is 2.34. The molecule has 0 bridgehead atoms. The fourth-order valence-corrected chi connectivity index (χ4v) is 3.40. The first-order valence-corrected chi connectivity index (χ1v) is 9.54. The molecule has 1 unspecified atom stereocenters. The minimum absolute atomic E-state index is 0.0964. The second-order valence-corrected chi connectivity index (χ2v) is 7.31. The smallest absolute Gasteiger partial charge is 0.238 e. The maximum atomic E-state index is 13.0. The third-order valence-electron chi connectivity index (χ3n) is 4.87. The van der Waals surface area contributed by atoms with Gasteiger partial charge in [-0.05, 0) is 57.5 Å². The minimum Gasteiger partial charge on any atom is -0.491 e. The van der Waals surface area contributed by atoms with Crippen LogP contribution in [0.4, 0.5) is 10.1 Å². The van der Waals surface area contributed by atoms with Crippen LogP contribution in [0.3, 0.4) is 0 Å². The number of β-amino-alcohol motifs (C(OH)–C–C–N with tert-alkyl or cyclic N) is 1. The van der Waals surface area contributed by atoms with E-state index in [-0.39, 0.29) is 24.9 Å². The lowest BCUT2D eigenvalue weighted by Gasteiger charge is -2.38. The lowest BCUT2D eigenvalue weighted by molar-refractivity contribution is -0.119. The van der Waals surface area contributed by atoms with Crippen LogP contribution in [0, 0.1) is 12.7 Å². The molecule has 7 nitrogen and oxygen atoms in total. The molecule has 0 aliphatic carbocycles. The van der Waals surface area contributed by atoms with Crippen LogP contribution in [0.25, 0.3) is 0 Å². The fraction of sp³-hybridized carbons (Fsp3) is 0.500. The number of rotatable bonds is 7. The first-order chi connectivity index (χ1) is 13.4. The number of benzene rings is 1. The normalized spacial score (nSPS) is 20.1. The molecular formula is C20H27FN4O3. The van der Waals surface area contributed by atoms with Gasteiger partial charge in [-0.25, -0.2) is 4.39 Å². The highest BCUT2D eigenvalue weighted by atomic mass is 19.1. The molecule has 28 heavy (non-hydrogen) atoms. The number of hydrogen-bond donors (Lipinski definition) is 2. The van der Waals surface area contributed by atoms with Gasteiger partial charge in [-0.3, -0.25) is 14.4 Å². The summed E-state index contributed by atoms with van der Waals surface area (Å²) in [6, 6.07) is 5.70. The highest BCUT2D eigenvalue weighted by Crippen LogP contribution is 2.23. The summed E-state index contributed by atoms with van der Waals surface area (Å²) < 4.78 is 20.4. The topological polar surface area (TPSA) is 79.6 Å². The average Bonchev–Trinajstić information content (AvgIpc) is 3.01. The molecule has 2 N–H and O–H groups in total. The van der Waals surface area contributed by atoms with Crippen LogP contribution in [-0.2, 0) is 11.3 Å². The van der Waals surface area contributed by atoms with E-state index in [2.05, 4.69) is 10.4 Å². The van der Waals surface area contributed by atoms with E-state index >= 15 is 0 Å². The molecule has 8 heteroatoms. The third kappa shape index (κ3) is 5.30. The Morgan fingerprint density at radius 2 is 2.14 bits per heavy atom. The maximum Gasteiger partial charge on any atom is 0.238 e. The number of amides is 1. The van der Waals surface area contributed by atoms with Crippen LogP contribution < -0.4 is 10.1 Å². The van der Waals surface area contributed by atoms with E-state index in [1.165, 1.54) is 24.3 Å². The molecule has 1 aromatic carbocycles. The molecule has 1 aromatic heterocycles. The van der Waals surface area contributed by atoms with Crippen LogP contribution in [0.1, 0.15) is 25.5 Å². The van der Waals surface area contributed by atoms with Crippen molar-refractivity contribution in [2.45, 2.75) is 38.8 Å². The third-order valence-corrected chi connectivity index (χ3v) is 4.87. The van der Waals surface area contributed by atoms with Crippen molar-refractivity contribution in [3.63, 3.8) is 0 Å². The van der Waals surface area contributed by atoms with Crippen LogP contribution in [0.2, 0.25) is 0 Å². The Kier molecular flexibility index (Phi) is 6.31. The van der Waals surface area contributed by atoms with Gasteiger partial charge in [0.05, 0.1) is 17.9 Å². The molecular weight excluding hydrogens is 363 g/mol. The lowest BCUT2D eigenvalue weighted by Crippen LogP contribution is -2.53. The van der Waals surface area contributed by atoms with E-state index < -0.39 is 5.60 Å². The molecule has 1 atom stereocenters. The van der Waals surface area contributed by atoms with Gasteiger partial charge in [0.25, 0.3) is 0 Å². The van der Waals surface area contributed by atoms with Gasteiger partial charge in [0.1, 0.15) is 23.8 Å². The number of aromatic nitrogens is 2. The summed E-state index contributed by atoms with van der Waals surface area (Å²) in [5.74, 6) is 0.0381. The van der Waals surface area contributed by atoms with Crippen molar-refractivity contribution in [1.29, 1.82) is 0 Å². The number of carbonyl (C=O) groups is 1. The zero-order valence-corrected chi connectivity index (χ0v) is 16.3. The summed E-state index contributed by atoms with van der Waals surface area (Å²) in [7, 11) is 0. The van der Waals surface area contributed by atoms with Crippen molar-refractivity contribution in [2.24, 2.45) is 0 Å². The summed E-state index contributed by atoms with van der Waals surface area (Å²) in [5.41, 5.74) is 0.437. The molecule has 0 spiro atoms. The molecule has 2 heterocycles. The second kappa shape index (κ2) is 8.70. The van der Waals surface area contributed by atoms with Gasteiger partial charge in [-0.15, -0.1) is 0 Å². The number of nitrogens with one attached hydrogen (secondary N) is 1. The van der Waals surface area contributed by atoms with Gasteiger partial charge >= 0.3 is 0 Å². The maximum absolute atomic E-state index is 13.0. The lowest BCUT2D eigenvalue weighted by atomic mass is 9.93. The predicted molar refractivity (Wildman–Crippen MR) is 104 cm³/mol. The van der Waals surface area contributed by atoms with Gasteiger partial charge in [0.15, 0.2) is 0 Å². The molecule has 1 fully saturated rings. The fourth-order valence-electron chi connectivity index (χ4n) is 3.40. The zero-order valence-electron chi connectivity index (χ0n) is 16.3. The standard InChI is InChI=1S/C20H27FN4O3/c1-3-25-11-18(15(2)23-25)22-19(26)12-24-10-4-9-20(27,13-24)14-28-17-7-5-16(21)6-8-17/h5-8,11,27H,3-4,9-10,12-14H2,1-2H3,(H,22,26). The van der Waals surface area contributed by atoms with Crippen molar-refractivity contribution < 1.29 is 19.0 Å². The molecule has 0 radical (unpaired) electrons. The Hall–Kier alpha value is -2.45. The quantitative estimate of drug-likeness (QED) is 0.758. The van der Waals surface area contributed by atoms with Crippen molar-refractivity contribution in [1.82, 2.24) is 14.7 Å². The van der Waals surface area contributed by atoms with Crippen LogP contribution in [0.5, 0.6) is 5.75 Å². The number of ether oxygens (including phenoxy) is 1. The number of hydrogen-bond acceptors (Lipinski definition) is 5. The van der Waals surface area contributed by atoms with Gasteiger partial charge in [-0.2, -0.15) is 5.10 Å². The Balaban J connectivity index is 1.52. The van der Waals surface area contributed by atoms with Crippen molar-refractivity contribution >= 4 is 11.6 Å². The van der Waals surface area contributed by atoms with E-state index in [1.54, 1.807) is 4.68 Å². The zero-order chi connectivity index (χ0) is 20.1. The number of likely N-dealkylation sites (tertiary alicyclic amines) is 1. The number of nitrogens with zero attached hydrogens (tertiary/aromatic N) is 3. The number of aryl methyl sites for hydroxylation is 2. The summed E-state index contributed by atoms with van der Waals surface area (Å²) >= 11 is 0. The van der Waals surface area contributed by atoms with Gasteiger partial charge in [-0.1, -0.05) is 0 Å². The second-order valence-electron chi connectivity index (χ2n) is 7.31. The molecule has 1 aliphatic rings. The molecule has 0 saturated carbocycles. The number of aliphatic hydroxyl groups is 1. The first kappa shape index (κ1) is 20.3. The van der Waals surface area contributed by atoms with Crippen molar-refractivity contribution in [3.05, 3.63) is 42.0 Å². The van der Waals surface area contributed by atoms with Crippen molar-refractivity contribution in [3.8, 4) is 5.75 Å². The Morgan fingerprint density at radius 1 is 1.39 bits per heavy atom. The molecule has 152 valence electrons. The van der Waals surface area contributed by atoms with E-state index in [9.17, 15) is 14.3 Å². The molecule has 2 aromatic rings. The van der Waals surface area contributed by atoms with Crippen molar-refractivity contribution in [2.75, 3.05) is 31.6 Å². The number of carbonyl (C=O) groups excluding carboxylic acids is 1. The van der Waals surface area contributed by atoms with Crippen LogP contribution in [-0.4, -0.2) is 57.5 Å². The molecule has 1 amide bonds. The van der Waals surface area contributed by atoms with E-state index in [0.717, 1.165) is 25.2 Å². The van der Waals surface area contributed by atoms with Gasteiger partial charge < -0.3 is 15.2 Å². The highest BCUT2D eigenvalue weighted by molar-refractivity contribution is 5.92. The molecule has 1 aliphatic heterocycles. The number of halogens is 1. The van der Waals surface area contributed by atoms with E-state index in [0.29, 0.717) is 24.4 Å². The SMILES string of the molecule is CCn1cc(NC(=O)CN2CCCC(O)(COc3ccc(F)cc3)C2)c(C)n1. The predicted octanol–water partition coefficient (Wildman–Crippen LogP) is 2.19. The summed E-state index contributed by atoms with van der Waals surface area (Å²) in [6.45, 7) is 5.95. The average molecular weight is 390 g/mol. The van der Waals surface area contributed by atoms with Gasteiger partial charge in [0, 0.05) is 19.3 Å². The Morgan fingerprint density at radius 3 is 2.82 bits per heavy atom. The van der Waals surface area contributed by atoms with E-state index in [4.69, 9.17) is 4.74 Å². The first-order valence-electron chi connectivity index (χ1n) is 9.54. The summed E-state index contributed by atoms with van der Waals surface area (Å²) in [5, 5.41) is 18.1.